The monoisotopic (exact) mass is 555 g/mol. The van der Waals surface area contributed by atoms with Crippen LogP contribution in [0.4, 0.5) is 5.69 Å². The van der Waals surface area contributed by atoms with Gasteiger partial charge >= 0.3 is 5.97 Å². The summed E-state index contributed by atoms with van der Waals surface area (Å²) >= 11 is 2.96. The largest absolute Gasteiger partial charge is 0.463 e. The van der Waals surface area contributed by atoms with Crippen LogP contribution in [0.25, 0.3) is 11.8 Å². The van der Waals surface area contributed by atoms with Gasteiger partial charge in [-0.3, -0.25) is 9.36 Å². The first-order valence-corrected chi connectivity index (χ1v) is 14.6. The van der Waals surface area contributed by atoms with E-state index < -0.39 is 12.0 Å². The molecule has 0 saturated carbocycles. The highest BCUT2D eigenvalue weighted by molar-refractivity contribution is 7.98. The van der Waals surface area contributed by atoms with Crippen molar-refractivity contribution in [3.05, 3.63) is 121 Å². The summed E-state index contributed by atoms with van der Waals surface area (Å²) in [5.41, 5.74) is 4.30. The third-order valence-electron chi connectivity index (χ3n) is 6.51. The fourth-order valence-electron chi connectivity index (χ4n) is 4.56. The van der Waals surface area contributed by atoms with E-state index >= 15 is 0 Å². The average Bonchev–Trinajstić information content (AvgIpc) is 3.27. The fraction of sp³-hybridized carbons (Fsp3) is 0.194. The molecule has 1 aromatic heterocycles. The zero-order valence-corrected chi connectivity index (χ0v) is 23.9. The first kappa shape index (κ1) is 26.7. The Hall–Kier alpha value is -3.88. The van der Waals surface area contributed by atoms with Gasteiger partial charge in [0, 0.05) is 30.2 Å². The molecule has 0 N–H and O–H groups in total. The summed E-state index contributed by atoms with van der Waals surface area (Å²) < 4.78 is 7.72. The van der Waals surface area contributed by atoms with Crippen LogP contribution >= 0.6 is 23.1 Å². The van der Waals surface area contributed by atoms with E-state index in [-0.39, 0.29) is 12.2 Å². The van der Waals surface area contributed by atoms with E-state index in [4.69, 9.17) is 9.73 Å². The van der Waals surface area contributed by atoms with Gasteiger partial charge in [-0.05, 0) is 54.6 Å². The number of carbonyl (C=O) groups excluding carboxylic acids is 1. The van der Waals surface area contributed by atoms with Crippen LogP contribution < -0.4 is 19.8 Å². The number of ether oxygens (including phenoxy) is 1. The Morgan fingerprint density at radius 3 is 2.36 bits per heavy atom. The van der Waals surface area contributed by atoms with Crippen molar-refractivity contribution in [2.45, 2.75) is 17.9 Å². The number of hydrogen-bond donors (Lipinski definition) is 0. The fourth-order valence-corrected chi connectivity index (χ4v) is 5.97. The van der Waals surface area contributed by atoms with E-state index in [1.54, 1.807) is 23.3 Å². The summed E-state index contributed by atoms with van der Waals surface area (Å²) in [6, 6.07) is 24.9. The molecule has 6 nitrogen and oxygen atoms in total. The van der Waals surface area contributed by atoms with Gasteiger partial charge in [-0.1, -0.05) is 65.9 Å². The minimum absolute atomic E-state index is 0.191. The Balaban J connectivity index is 1.77. The van der Waals surface area contributed by atoms with Crippen molar-refractivity contribution in [3.8, 4) is 0 Å². The van der Waals surface area contributed by atoms with Crippen LogP contribution in [0.1, 0.15) is 29.7 Å². The standard InChI is InChI=1S/C31H29N3O3S2/c1-5-37-30(36)26-27(21-9-7-6-8-10-21)32-31-34(28(26)22-13-17-24(38-4)18-14-22)29(35)25(39-31)19-20-11-15-23(16-12-20)33(2)3/h6-19,28H,5H2,1-4H3/b25-19-. The number of nitrogens with zero attached hydrogens (tertiary/aromatic N) is 3. The molecule has 0 radical (unpaired) electrons. The smallest absolute Gasteiger partial charge is 0.338 e. The van der Waals surface area contributed by atoms with E-state index in [1.165, 1.54) is 11.3 Å². The first-order chi connectivity index (χ1) is 18.9. The predicted octanol–water partition coefficient (Wildman–Crippen LogP) is 4.72. The lowest BCUT2D eigenvalue weighted by atomic mass is 9.93. The number of aromatic nitrogens is 1. The molecule has 0 aliphatic carbocycles. The third kappa shape index (κ3) is 5.35. The number of thioether (sulfide) groups is 1. The number of esters is 1. The molecule has 0 amide bonds. The lowest BCUT2D eigenvalue weighted by Gasteiger charge is -2.26. The Morgan fingerprint density at radius 2 is 1.74 bits per heavy atom. The molecule has 3 aromatic carbocycles. The lowest BCUT2D eigenvalue weighted by molar-refractivity contribution is -0.138. The van der Waals surface area contributed by atoms with Crippen molar-refractivity contribution >= 4 is 46.5 Å². The molecule has 0 fully saturated rings. The highest BCUT2D eigenvalue weighted by atomic mass is 32.2. The van der Waals surface area contributed by atoms with E-state index in [1.807, 2.05) is 110 Å². The SMILES string of the molecule is CCOC(=O)C1=C(c2ccccc2)N=c2s/c(=C\c3ccc(N(C)C)cc3)c(=O)n2C1c1ccc(SC)cc1. The Morgan fingerprint density at radius 1 is 1.05 bits per heavy atom. The van der Waals surface area contributed by atoms with Crippen LogP contribution in [-0.2, 0) is 9.53 Å². The van der Waals surface area contributed by atoms with Gasteiger partial charge in [-0.25, -0.2) is 9.79 Å². The third-order valence-corrected chi connectivity index (χ3v) is 8.24. The summed E-state index contributed by atoms with van der Waals surface area (Å²) in [5.74, 6) is -0.479. The van der Waals surface area contributed by atoms with Crippen LogP contribution in [0.2, 0.25) is 0 Å². The molecule has 1 aliphatic rings. The van der Waals surface area contributed by atoms with Gasteiger partial charge < -0.3 is 9.64 Å². The molecule has 8 heteroatoms. The average molecular weight is 556 g/mol. The molecule has 0 spiro atoms. The molecule has 2 heterocycles. The van der Waals surface area contributed by atoms with E-state index in [2.05, 4.69) is 0 Å². The van der Waals surface area contributed by atoms with E-state index in [0.29, 0.717) is 20.6 Å². The lowest BCUT2D eigenvalue weighted by Crippen LogP contribution is -2.40. The maximum atomic E-state index is 14.0. The Labute approximate surface area is 235 Å². The van der Waals surface area contributed by atoms with Crippen LogP contribution in [0.15, 0.2) is 99.1 Å². The first-order valence-electron chi connectivity index (χ1n) is 12.6. The van der Waals surface area contributed by atoms with Crippen molar-refractivity contribution in [1.29, 1.82) is 0 Å². The highest BCUT2D eigenvalue weighted by Gasteiger charge is 2.35. The highest BCUT2D eigenvalue weighted by Crippen LogP contribution is 2.35. The Kier molecular flexibility index (Phi) is 7.86. The number of carbonyl (C=O) groups is 1. The van der Waals surface area contributed by atoms with Crippen molar-refractivity contribution in [3.63, 3.8) is 0 Å². The minimum atomic E-state index is -0.676. The summed E-state index contributed by atoms with van der Waals surface area (Å²) in [6.07, 6.45) is 3.90. The van der Waals surface area contributed by atoms with Gasteiger partial charge in [0.25, 0.3) is 5.56 Å². The van der Waals surface area contributed by atoms with Gasteiger partial charge in [-0.2, -0.15) is 0 Å². The van der Waals surface area contributed by atoms with Gasteiger partial charge in [0.15, 0.2) is 4.80 Å². The summed E-state index contributed by atoms with van der Waals surface area (Å²) in [5, 5.41) is 0. The van der Waals surface area contributed by atoms with Gasteiger partial charge in [-0.15, -0.1) is 11.8 Å². The predicted molar refractivity (Wildman–Crippen MR) is 160 cm³/mol. The molecular weight excluding hydrogens is 526 g/mol. The molecule has 198 valence electrons. The van der Waals surface area contributed by atoms with Crippen LogP contribution in [-0.4, -0.2) is 37.5 Å². The van der Waals surface area contributed by atoms with E-state index in [9.17, 15) is 9.59 Å². The van der Waals surface area contributed by atoms with Crippen LogP contribution in [0.3, 0.4) is 0 Å². The Bertz CT molecular complexity index is 1700. The second kappa shape index (κ2) is 11.5. The van der Waals surface area contributed by atoms with Gasteiger partial charge in [0.1, 0.15) is 0 Å². The quantitative estimate of drug-likeness (QED) is 0.244. The molecule has 0 saturated heterocycles. The number of hydrogen-bond acceptors (Lipinski definition) is 7. The summed E-state index contributed by atoms with van der Waals surface area (Å²) in [7, 11) is 3.98. The molecule has 5 rings (SSSR count). The maximum Gasteiger partial charge on any atom is 0.338 e. The second-order valence-electron chi connectivity index (χ2n) is 9.19. The van der Waals surface area contributed by atoms with Crippen LogP contribution in [0, 0.1) is 0 Å². The van der Waals surface area contributed by atoms with Crippen LogP contribution in [0.5, 0.6) is 0 Å². The normalized spacial score (nSPS) is 15.1. The molecule has 1 unspecified atom stereocenters. The molecule has 39 heavy (non-hydrogen) atoms. The topological polar surface area (TPSA) is 63.9 Å². The molecule has 0 bridgehead atoms. The zero-order chi connectivity index (χ0) is 27.5. The van der Waals surface area contributed by atoms with Crippen molar-refractivity contribution in [1.82, 2.24) is 4.57 Å². The number of fused-ring (bicyclic) bond motifs is 1. The zero-order valence-electron chi connectivity index (χ0n) is 22.3. The second-order valence-corrected chi connectivity index (χ2v) is 11.1. The minimum Gasteiger partial charge on any atom is -0.463 e. The number of thiazole rings is 1. The number of anilines is 1. The molecule has 1 atom stereocenters. The molecule has 1 aliphatic heterocycles. The summed E-state index contributed by atoms with van der Waals surface area (Å²) in [6.45, 7) is 2.00. The summed E-state index contributed by atoms with van der Waals surface area (Å²) in [4.78, 5) is 36.1. The van der Waals surface area contributed by atoms with Gasteiger partial charge in [0.05, 0.1) is 28.5 Å². The number of benzene rings is 3. The number of rotatable bonds is 7. The maximum absolute atomic E-state index is 14.0. The molecular formula is C31H29N3O3S2. The van der Waals surface area contributed by atoms with Crippen molar-refractivity contribution in [2.75, 3.05) is 31.9 Å². The van der Waals surface area contributed by atoms with Crippen molar-refractivity contribution < 1.29 is 9.53 Å². The molecule has 4 aromatic rings. The van der Waals surface area contributed by atoms with Crippen molar-refractivity contribution in [2.24, 2.45) is 4.99 Å². The van der Waals surface area contributed by atoms with Gasteiger partial charge in [0.2, 0.25) is 0 Å². The van der Waals surface area contributed by atoms with E-state index in [0.717, 1.165) is 27.3 Å².